The topological polar surface area (TPSA) is 9.23 Å². The van der Waals surface area contributed by atoms with Crippen molar-refractivity contribution in [2.24, 2.45) is 0 Å². The summed E-state index contributed by atoms with van der Waals surface area (Å²) in [5, 5.41) is 0. The number of ether oxygens (including phenoxy) is 1. The van der Waals surface area contributed by atoms with Gasteiger partial charge in [0.05, 0.1) is 0 Å². The first-order valence-corrected chi connectivity index (χ1v) is 17.4. The molecular formula is C18H38OSn. The quantitative estimate of drug-likeness (QED) is 0.354. The molecule has 1 aliphatic carbocycles. The second kappa shape index (κ2) is 11.3. The molecule has 0 amide bonds. The maximum absolute atomic E-state index is 6.45. The molecule has 0 aromatic heterocycles. The van der Waals surface area contributed by atoms with Crippen molar-refractivity contribution in [2.45, 2.75) is 104 Å². The van der Waals surface area contributed by atoms with E-state index in [0.29, 0.717) is 6.10 Å². The molecule has 1 saturated carbocycles. The van der Waals surface area contributed by atoms with E-state index in [1.165, 1.54) is 68.8 Å². The van der Waals surface area contributed by atoms with Gasteiger partial charge in [0.15, 0.2) is 0 Å². The Hall–Kier alpha value is 0.759. The molecule has 0 spiro atoms. The molecule has 1 aliphatic rings. The van der Waals surface area contributed by atoms with Crippen LogP contribution in [0.1, 0.15) is 85.0 Å². The van der Waals surface area contributed by atoms with E-state index in [1.54, 1.807) is 13.3 Å². The van der Waals surface area contributed by atoms with Gasteiger partial charge in [-0.2, -0.15) is 0 Å². The van der Waals surface area contributed by atoms with E-state index in [2.05, 4.69) is 20.8 Å². The Morgan fingerprint density at radius 2 is 1.25 bits per heavy atom. The zero-order valence-electron chi connectivity index (χ0n) is 14.4. The van der Waals surface area contributed by atoms with Crippen LogP contribution in [0, 0.1) is 0 Å². The number of rotatable bonds is 12. The van der Waals surface area contributed by atoms with Gasteiger partial charge in [-0.05, 0) is 0 Å². The van der Waals surface area contributed by atoms with Crippen LogP contribution in [0.25, 0.3) is 0 Å². The molecule has 0 heterocycles. The van der Waals surface area contributed by atoms with E-state index >= 15 is 0 Å². The van der Waals surface area contributed by atoms with Crippen molar-refractivity contribution >= 4 is 18.4 Å². The Kier molecular flexibility index (Phi) is 10.7. The summed E-state index contributed by atoms with van der Waals surface area (Å²) in [5.74, 6) is 0. The van der Waals surface area contributed by atoms with Gasteiger partial charge < -0.3 is 0 Å². The Bertz CT molecular complexity index is 202. The Labute approximate surface area is 132 Å². The van der Waals surface area contributed by atoms with E-state index < -0.39 is 18.4 Å². The standard InChI is InChI=1S/C6H11O.3C4H9.Sn/c1-7-6-4-2-3-5-6;3*1-3-4-2;/h6H,1-5H2;3*1,3-4H2,2H3;. The third-order valence-electron chi connectivity index (χ3n) is 5.11. The molecule has 0 aliphatic heterocycles. The van der Waals surface area contributed by atoms with Crippen molar-refractivity contribution in [3.8, 4) is 0 Å². The van der Waals surface area contributed by atoms with Gasteiger partial charge in [-0.25, -0.2) is 0 Å². The SMILES string of the molecule is CCC[CH2][Sn]([CH2]CCC)([CH2]CCC)[CH2]OC1CCCC1. The normalized spacial score (nSPS) is 16.9. The number of unbranched alkanes of at least 4 members (excludes halogenated alkanes) is 3. The van der Waals surface area contributed by atoms with Crippen LogP contribution in [-0.4, -0.2) is 29.1 Å². The van der Waals surface area contributed by atoms with Crippen LogP contribution in [0.4, 0.5) is 0 Å². The Morgan fingerprint density at radius 3 is 1.65 bits per heavy atom. The van der Waals surface area contributed by atoms with Gasteiger partial charge in [0.1, 0.15) is 0 Å². The van der Waals surface area contributed by atoms with E-state index in [0.717, 1.165) is 0 Å². The first-order valence-electron chi connectivity index (χ1n) is 9.38. The molecule has 0 unspecified atom stereocenters. The van der Waals surface area contributed by atoms with Gasteiger partial charge in [-0.1, -0.05) is 0 Å². The minimum absolute atomic E-state index is 0.635. The van der Waals surface area contributed by atoms with Gasteiger partial charge in [-0.3, -0.25) is 0 Å². The van der Waals surface area contributed by atoms with E-state index in [9.17, 15) is 0 Å². The number of hydrogen-bond acceptors (Lipinski definition) is 1. The summed E-state index contributed by atoms with van der Waals surface area (Å²) in [5.41, 5.74) is 0. The summed E-state index contributed by atoms with van der Waals surface area (Å²) >= 11 is -1.99. The molecule has 1 nitrogen and oxygen atoms in total. The molecule has 0 aromatic carbocycles. The molecule has 120 valence electrons. The zero-order valence-corrected chi connectivity index (χ0v) is 17.2. The molecule has 2 heteroatoms. The third-order valence-corrected chi connectivity index (χ3v) is 19.4. The molecule has 20 heavy (non-hydrogen) atoms. The van der Waals surface area contributed by atoms with E-state index in [1.807, 2.05) is 0 Å². The predicted molar refractivity (Wildman–Crippen MR) is 93.1 cm³/mol. The monoisotopic (exact) mass is 390 g/mol. The average molecular weight is 389 g/mol. The maximum atomic E-state index is 6.45. The van der Waals surface area contributed by atoms with Crippen molar-refractivity contribution < 1.29 is 4.74 Å². The molecule has 0 saturated heterocycles. The van der Waals surface area contributed by atoms with Gasteiger partial charge >= 0.3 is 132 Å². The average Bonchev–Trinajstić information content (AvgIpc) is 2.99. The molecule has 0 atom stereocenters. The molecular weight excluding hydrogens is 351 g/mol. The molecule has 0 bridgehead atoms. The van der Waals surface area contributed by atoms with Crippen LogP contribution in [0.15, 0.2) is 0 Å². The summed E-state index contributed by atoms with van der Waals surface area (Å²) in [7, 11) is 0. The van der Waals surface area contributed by atoms with Crippen LogP contribution in [0.5, 0.6) is 0 Å². The summed E-state index contributed by atoms with van der Waals surface area (Å²) < 4.78 is 12.5. The van der Waals surface area contributed by atoms with Crippen molar-refractivity contribution in [3.05, 3.63) is 0 Å². The van der Waals surface area contributed by atoms with E-state index in [4.69, 9.17) is 4.74 Å². The van der Waals surface area contributed by atoms with Crippen LogP contribution >= 0.6 is 0 Å². The first kappa shape index (κ1) is 18.8. The number of hydrogen-bond donors (Lipinski definition) is 0. The van der Waals surface area contributed by atoms with E-state index in [-0.39, 0.29) is 0 Å². The van der Waals surface area contributed by atoms with Crippen LogP contribution < -0.4 is 0 Å². The molecule has 1 fully saturated rings. The molecule has 0 N–H and O–H groups in total. The van der Waals surface area contributed by atoms with Crippen molar-refractivity contribution in [3.63, 3.8) is 0 Å². The summed E-state index contributed by atoms with van der Waals surface area (Å²) in [6.07, 6.45) is 14.7. The predicted octanol–water partition coefficient (Wildman–Crippen LogP) is 6.33. The summed E-state index contributed by atoms with van der Waals surface area (Å²) in [6, 6.07) is 0. The van der Waals surface area contributed by atoms with Crippen molar-refractivity contribution in [1.29, 1.82) is 0 Å². The molecule has 0 aromatic rings. The van der Waals surface area contributed by atoms with Crippen LogP contribution in [-0.2, 0) is 4.74 Å². The second-order valence-corrected chi connectivity index (χ2v) is 20.7. The molecule has 0 radical (unpaired) electrons. The first-order chi connectivity index (χ1) is 9.76. The summed E-state index contributed by atoms with van der Waals surface area (Å²) in [6.45, 7) is 7.07. The Morgan fingerprint density at radius 1 is 0.800 bits per heavy atom. The fourth-order valence-corrected chi connectivity index (χ4v) is 18.1. The van der Waals surface area contributed by atoms with Gasteiger partial charge in [0.2, 0.25) is 0 Å². The van der Waals surface area contributed by atoms with Crippen LogP contribution in [0.2, 0.25) is 13.3 Å². The van der Waals surface area contributed by atoms with Gasteiger partial charge in [-0.15, -0.1) is 0 Å². The second-order valence-electron chi connectivity index (χ2n) is 7.03. The molecule has 1 rings (SSSR count). The van der Waals surface area contributed by atoms with Crippen molar-refractivity contribution in [2.75, 3.05) is 4.62 Å². The zero-order chi connectivity index (χ0) is 14.7. The Balaban J connectivity index is 2.54. The van der Waals surface area contributed by atoms with Crippen molar-refractivity contribution in [1.82, 2.24) is 0 Å². The fraction of sp³-hybridized carbons (Fsp3) is 1.00. The fourth-order valence-electron chi connectivity index (χ4n) is 3.60. The van der Waals surface area contributed by atoms with Gasteiger partial charge in [0.25, 0.3) is 0 Å². The minimum atomic E-state index is -1.99. The van der Waals surface area contributed by atoms with Crippen LogP contribution in [0.3, 0.4) is 0 Å². The van der Waals surface area contributed by atoms with Gasteiger partial charge in [0, 0.05) is 0 Å². The third kappa shape index (κ3) is 7.15. The summed E-state index contributed by atoms with van der Waals surface area (Å²) in [4.78, 5) is 0.